The van der Waals surface area contributed by atoms with Crippen molar-refractivity contribution in [2.24, 2.45) is 30.4 Å². The van der Waals surface area contributed by atoms with Gasteiger partial charge in [0, 0.05) is 84.3 Å². The second-order valence-electron chi connectivity index (χ2n) is 11.1. The van der Waals surface area contributed by atoms with E-state index < -0.39 is 20.2 Å². The zero-order chi connectivity index (χ0) is 39.6. The number of anilines is 1. The number of benzene rings is 4. The van der Waals surface area contributed by atoms with Gasteiger partial charge in [-0.05, 0) is 60.7 Å². The average molecular weight is 841 g/mol. The van der Waals surface area contributed by atoms with Gasteiger partial charge in [-0.15, -0.1) is 0 Å². The summed E-state index contributed by atoms with van der Waals surface area (Å²) in [4.78, 5) is 20.7. The molecule has 0 unspecified atom stereocenters. The second-order valence-corrected chi connectivity index (χ2v) is 13.9. The largest absolute Gasteiger partial charge is 0.494 e. The summed E-state index contributed by atoms with van der Waals surface area (Å²) in [5, 5.41) is 35.7. The van der Waals surface area contributed by atoms with Gasteiger partial charge in [-0.1, -0.05) is 12.1 Å². The van der Waals surface area contributed by atoms with Crippen LogP contribution in [0, 0.1) is 0 Å². The van der Waals surface area contributed by atoms with Crippen LogP contribution >= 0.6 is 0 Å². The number of aliphatic hydroxyl groups is 2. The molecule has 0 saturated heterocycles. The summed E-state index contributed by atoms with van der Waals surface area (Å²) < 4.78 is 75.7. The third-order valence-electron chi connectivity index (χ3n) is 7.29. The topological polar surface area (TPSA) is 290 Å². The molecule has 0 bridgehead atoms. The van der Waals surface area contributed by atoms with Crippen molar-refractivity contribution >= 4 is 119 Å². The van der Waals surface area contributed by atoms with Crippen molar-refractivity contribution in [1.82, 2.24) is 15.0 Å². The molecule has 0 aliphatic heterocycles. The van der Waals surface area contributed by atoms with E-state index in [1.807, 2.05) is 0 Å². The quantitative estimate of drug-likeness (QED) is 0.0501. The molecule has 6 N–H and O–H groups in total. The van der Waals surface area contributed by atoms with E-state index in [9.17, 15) is 36.2 Å². The van der Waals surface area contributed by atoms with Crippen molar-refractivity contribution in [2.75, 3.05) is 45.4 Å². The van der Waals surface area contributed by atoms with Gasteiger partial charge in [-0.2, -0.15) is 42.3 Å². The number of methoxy groups -OCH3 is 2. The number of nitrogens with one attached hydrogen (secondary N) is 2. The van der Waals surface area contributed by atoms with Crippen LogP contribution in [0.5, 0.6) is 11.5 Å². The zero-order valence-electron chi connectivity index (χ0n) is 31.0. The maximum atomic E-state index is 11.5. The van der Waals surface area contributed by atoms with E-state index in [-0.39, 0.29) is 135 Å². The number of nitrogens with zero attached hydrogens (tertiary/aromatic N) is 8. The molecule has 57 heavy (non-hydrogen) atoms. The molecule has 0 amide bonds. The first-order valence-corrected chi connectivity index (χ1v) is 18.8. The number of aromatic nitrogens is 3. The molecule has 4 aromatic carbocycles. The van der Waals surface area contributed by atoms with Crippen LogP contribution < -0.4 is 25.6 Å². The maximum Gasteiger partial charge on any atom is 0.294 e. The van der Waals surface area contributed by atoms with Gasteiger partial charge in [0.15, 0.2) is 0 Å². The maximum absolute atomic E-state index is 11.5. The SMILES string of the molecule is COc1cc(N=Nc2cccc(S(=O)(=O)O)c2)ccc1N=c1nc(N(CCO)CCO)[nH]c(=Nc2ccc(N=Nc3cccc(S(=O)(=O)O)c3)cc2OC)[nH]1.[Na].[Na]. The number of aromatic amines is 2. The molecule has 24 heteroatoms. The van der Waals surface area contributed by atoms with E-state index in [0.29, 0.717) is 22.7 Å². The third-order valence-corrected chi connectivity index (χ3v) is 8.99. The summed E-state index contributed by atoms with van der Waals surface area (Å²) in [6, 6.07) is 20.0. The van der Waals surface area contributed by atoms with Gasteiger partial charge in [0.2, 0.25) is 17.2 Å². The van der Waals surface area contributed by atoms with Gasteiger partial charge in [0.1, 0.15) is 22.9 Å². The Morgan fingerprint density at radius 2 is 1.07 bits per heavy atom. The summed E-state index contributed by atoms with van der Waals surface area (Å²) in [5.41, 5.74) is 1.86. The fourth-order valence-corrected chi connectivity index (χ4v) is 5.78. The summed E-state index contributed by atoms with van der Waals surface area (Å²) in [6.07, 6.45) is 0. The molecular formula is C33H34N10Na2O10S2. The number of H-pyrrole nitrogens is 2. The Kier molecular flexibility index (Phi) is 17.8. The summed E-state index contributed by atoms with van der Waals surface area (Å²) in [7, 11) is -6.01. The number of azo groups is 2. The number of hydrogen-bond acceptors (Lipinski definition) is 16. The van der Waals surface area contributed by atoms with Gasteiger partial charge >= 0.3 is 0 Å². The van der Waals surface area contributed by atoms with Crippen LogP contribution in [0.3, 0.4) is 0 Å². The van der Waals surface area contributed by atoms with Crippen LogP contribution in [-0.4, -0.2) is 151 Å². The Bertz CT molecular complexity index is 2430. The van der Waals surface area contributed by atoms with Gasteiger partial charge in [0.05, 0.1) is 60.0 Å². The monoisotopic (exact) mass is 840 g/mol. The fourth-order valence-electron chi connectivity index (χ4n) is 4.74. The number of ether oxygens (including phenoxy) is 2. The van der Waals surface area contributed by atoms with Crippen LogP contribution in [0.2, 0.25) is 0 Å². The normalized spacial score (nSPS) is 12.4. The Morgan fingerprint density at radius 1 is 0.632 bits per heavy atom. The van der Waals surface area contributed by atoms with Gasteiger partial charge in [-0.25, -0.2) is 9.98 Å². The summed E-state index contributed by atoms with van der Waals surface area (Å²) in [6.45, 7) is -0.277. The minimum atomic E-state index is -4.43. The smallest absolute Gasteiger partial charge is 0.294 e. The predicted octanol–water partition coefficient (Wildman–Crippen LogP) is 3.57. The van der Waals surface area contributed by atoms with Crippen molar-refractivity contribution in [2.45, 2.75) is 9.79 Å². The van der Waals surface area contributed by atoms with E-state index in [2.05, 4.69) is 45.4 Å². The molecule has 5 rings (SSSR count). The second kappa shape index (κ2) is 21.5. The zero-order valence-corrected chi connectivity index (χ0v) is 36.7. The Balaban J connectivity index is 0.00000435. The van der Waals surface area contributed by atoms with Crippen LogP contribution in [0.4, 0.5) is 40.1 Å². The molecule has 0 saturated carbocycles. The first-order chi connectivity index (χ1) is 26.3. The molecular weight excluding hydrogens is 807 g/mol. The summed E-state index contributed by atoms with van der Waals surface area (Å²) in [5.74, 6) is 0.748. The molecule has 0 spiro atoms. The minimum Gasteiger partial charge on any atom is -0.494 e. The first kappa shape index (κ1) is 47.2. The van der Waals surface area contributed by atoms with Crippen LogP contribution in [0.1, 0.15) is 0 Å². The van der Waals surface area contributed by atoms with Crippen molar-refractivity contribution in [3.63, 3.8) is 0 Å². The fraction of sp³-hybridized carbons (Fsp3) is 0.182. The van der Waals surface area contributed by atoms with Crippen molar-refractivity contribution < 1.29 is 45.6 Å². The number of aliphatic hydroxyl groups excluding tert-OH is 2. The Hall–Kier alpha value is -4.17. The molecule has 1 heterocycles. The van der Waals surface area contributed by atoms with E-state index in [0.717, 1.165) is 6.07 Å². The predicted molar refractivity (Wildman–Crippen MR) is 208 cm³/mol. The van der Waals surface area contributed by atoms with E-state index >= 15 is 0 Å². The molecule has 0 atom stereocenters. The summed E-state index contributed by atoms with van der Waals surface area (Å²) >= 11 is 0. The van der Waals surface area contributed by atoms with Crippen LogP contribution in [0.25, 0.3) is 0 Å². The van der Waals surface area contributed by atoms with Crippen LogP contribution in [-0.2, 0) is 20.2 Å². The molecule has 0 fully saturated rings. The molecule has 290 valence electrons. The Morgan fingerprint density at radius 3 is 1.49 bits per heavy atom. The van der Waals surface area contributed by atoms with E-state index in [4.69, 9.17) is 9.47 Å². The first-order valence-electron chi connectivity index (χ1n) is 15.9. The van der Waals surface area contributed by atoms with Crippen molar-refractivity contribution in [3.8, 4) is 11.5 Å². The molecule has 2 radical (unpaired) electrons. The molecule has 5 aromatic rings. The van der Waals surface area contributed by atoms with Crippen molar-refractivity contribution in [3.05, 3.63) is 96.2 Å². The average Bonchev–Trinajstić information content (AvgIpc) is 3.16. The molecule has 0 aliphatic carbocycles. The van der Waals surface area contributed by atoms with E-state index in [1.54, 1.807) is 35.2 Å². The molecule has 0 aliphatic rings. The van der Waals surface area contributed by atoms with Gasteiger partial charge < -0.3 is 24.6 Å². The minimum absolute atomic E-state index is 0. The van der Waals surface area contributed by atoms with E-state index in [1.165, 1.54) is 62.8 Å². The van der Waals surface area contributed by atoms with Gasteiger partial charge in [-0.3, -0.25) is 19.1 Å². The number of rotatable bonds is 15. The standard InChI is InChI=1S/C33H34N10O10S2.2Na/c1-52-29-19-23(41-39-21-5-3-7-25(17-21)54(46,47)48)9-11-27(29)34-31-36-32(38-33(37-31)43(13-15-44)14-16-45)35-28-12-10-24(20-30(28)53-2)42-40-22-6-4-8-26(18-22)55(49,50)51;;/h3-12,17-20,44-45H,13-16H2,1-2H3,(H,46,47,48)(H,49,50,51)(H2,34,35,36,37,38);;. The number of hydrogen-bond donors (Lipinski definition) is 6. The molecule has 1 aromatic heterocycles. The van der Waals surface area contributed by atoms with Gasteiger partial charge in [0.25, 0.3) is 20.2 Å². The Labute approximate surface area is 370 Å². The van der Waals surface area contributed by atoms with Crippen molar-refractivity contribution in [1.29, 1.82) is 0 Å². The molecule has 20 nitrogen and oxygen atoms in total. The van der Waals surface area contributed by atoms with Crippen LogP contribution in [0.15, 0.2) is 125 Å². The third kappa shape index (κ3) is 13.4.